The van der Waals surface area contributed by atoms with Crippen molar-refractivity contribution in [3.8, 4) is 0 Å². The maximum atomic E-state index is 11.3. The summed E-state index contributed by atoms with van der Waals surface area (Å²) in [6, 6.07) is 1.37. The van der Waals surface area contributed by atoms with Crippen LogP contribution in [0.15, 0.2) is 6.07 Å². The topological polar surface area (TPSA) is 83.8 Å². The predicted octanol–water partition coefficient (Wildman–Crippen LogP) is 1.24. The number of amides is 1. The van der Waals surface area contributed by atoms with Crippen LogP contribution in [0, 0.1) is 5.92 Å². The molecule has 6 heteroatoms. The lowest BCUT2D eigenvalue weighted by atomic mass is 10.2. The van der Waals surface area contributed by atoms with Crippen molar-refractivity contribution in [2.75, 3.05) is 5.32 Å². The molecule has 1 aromatic rings. The van der Waals surface area contributed by atoms with Crippen molar-refractivity contribution in [1.29, 1.82) is 0 Å². The number of hydrogen-bond donors (Lipinski definition) is 3. The number of carbonyl (C=O) groups is 1. The molecule has 1 amide bonds. The van der Waals surface area contributed by atoms with Crippen molar-refractivity contribution in [2.45, 2.75) is 32.2 Å². The van der Waals surface area contributed by atoms with E-state index in [-0.39, 0.29) is 18.3 Å². The van der Waals surface area contributed by atoms with Crippen molar-refractivity contribution in [2.24, 2.45) is 11.7 Å². The van der Waals surface area contributed by atoms with Crippen LogP contribution in [0.2, 0.25) is 0 Å². The second-order valence-corrected chi connectivity index (χ2v) is 4.31. The molecule has 1 fully saturated rings. The molecule has 0 saturated heterocycles. The van der Waals surface area contributed by atoms with E-state index in [0.29, 0.717) is 11.7 Å². The molecule has 16 heavy (non-hydrogen) atoms. The fourth-order valence-corrected chi connectivity index (χ4v) is 1.59. The summed E-state index contributed by atoms with van der Waals surface area (Å²) in [5.41, 5.74) is 6.53. The molecule has 0 aromatic carbocycles. The maximum Gasteiger partial charge on any atom is 0.242 e. The second kappa shape index (κ2) is 4.84. The van der Waals surface area contributed by atoms with Crippen LogP contribution < -0.4 is 11.1 Å². The molecule has 1 saturated carbocycles. The van der Waals surface area contributed by atoms with Gasteiger partial charge in [0.1, 0.15) is 0 Å². The molecule has 1 aliphatic rings. The van der Waals surface area contributed by atoms with Crippen LogP contribution >= 0.6 is 12.4 Å². The van der Waals surface area contributed by atoms with Crippen molar-refractivity contribution in [3.05, 3.63) is 11.8 Å². The molecule has 1 aliphatic carbocycles. The lowest BCUT2D eigenvalue weighted by molar-refractivity contribution is -0.117. The van der Waals surface area contributed by atoms with E-state index in [4.69, 9.17) is 5.73 Å². The Labute approximate surface area is 101 Å². The first-order valence-electron chi connectivity index (χ1n) is 5.19. The zero-order valence-corrected chi connectivity index (χ0v) is 10.2. The van der Waals surface area contributed by atoms with Gasteiger partial charge in [0.15, 0.2) is 5.82 Å². The minimum absolute atomic E-state index is 0. The molecule has 3 atom stereocenters. The standard InChI is InChI=1S/C10H16N4O.ClH/c1-5-3-7(5)8-4-9(14-13-8)12-10(15)6(2)11;/h4-7H,3,11H2,1-2H3,(H2,12,13,14,15);1H. The molecule has 2 rings (SSSR count). The molecule has 90 valence electrons. The Kier molecular flexibility index (Phi) is 3.93. The third kappa shape index (κ3) is 2.74. The van der Waals surface area contributed by atoms with Crippen LogP contribution in [-0.2, 0) is 4.79 Å². The lowest BCUT2D eigenvalue weighted by Gasteiger charge is -2.03. The van der Waals surface area contributed by atoms with E-state index in [1.165, 1.54) is 6.42 Å². The number of halogens is 1. The van der Waals surface area contributed by atoms with Crippen LogP contribution in [0.5, 0.6) is 0 Å². The van der Waals surface area contributed by atoms with Crippen molar-refractivity contribution >= 4 is 24.1 Å². The molecular formula is C10H17ClN4O. The third-order valence-electron chi connectivity index (χ3n) is 2.77. The predicted molar refractivity (Wildman–Crippen MR) is 64.6 cm³/mol. The summed E-state index contributed by atoms with van der Waals surface area (Å²) in [5, 5.41) is 9.61. The number of nitrogens with two attached hydrogens (primary N) is 1. The summed E-state index contributed by atoms with van der Waals surface area (Å²) in [6.07, 6.45) is 1.20. The van der Waals surface area contributed by atoms with Gasteiger partial charge in [0.25, 0.3) is 0 Å². The number of nitrogens with zero attached hydrogens (tertiary/aromatic N) is 1. The number of anilines is 1. The number of aromatic nitrogens is 2. The SMILES string of the molecule is CC(N)C(=O)Nc1cc(C2CC2C)[nH]n1.Cl. The van der Waals surface area contributed by atoms with Gasteiger partial charge in [0.05, 0.1) is 6.04 Å². The molecule has 3 unspecified atom stereocenters. The first kappa shape index (κ1) is 13.0. The van der Waals surface area contributed by atoms with E-state index in [2.05, 4.69) is 22.4 Å². The molecule has 0 spiro atoms. The molecule has 0 radical (unpaired) electrons. The minimum atomic E-state index is -0.509. The number of H-pyrrole nitrogens is 1. The van der Waals surface area contributed by atoms with Crippen LogP contribution in [0.4, 0.5) is 5.82 Å². The van der Waals surface area contributed by atoms with Gasteiger partial charge >= 0.3 is 0 Å². The van der Waals surface area contributed by atoms with Gasteiger partial charge in [0.2, 0.25) is 5.91 Å². The van der Waals surface area contributed by atoms with Gasteiger partial charge in [-0.2, -0.15) is 5.10 Å². The fourth-order valence-electron chi connectivity index (χ4n) is 1.59. The highest BCUT2D eigenvalue weighted by Crippen LogP contribution is 2.46. The number of rotatable bonds is 3. The Morgan fingerprint density at radius 3 is 2.88 bits per heavy atom. The fraction of sp³-hybridized carbons (Fsp3) is 0.600. The van der Waals surface area contributed by atoms with E-state index in [1.54, 1.807) is 6.92 Å². The zero-order chi connectivity index (χ0) is 11.0. The molecule has 0 aliphatic heterocycles. The number of carbonyl (C=O) groups excluding carboxylic acids is 1. The first-order valence-corrected chi connectivity index (χ1v) is 5.19. The summed E-state index contributed by atoms with van der Waals surface area (Å²) < 4.78 is 0. The highest BCUT2D eigenvalue weighted by molar-refractivity contribution is 5.93. The Hall–Kier alpha value is -1.07. The normalized spacial score (nSPS) is 24.4. The zero-order valence-electron chi connectivity index (χ0n) is 9.36. The molecule has 1 heterocycles. The Balaban J connectivity index is 0.00000128. The van der Waals surface area contributed by atoms with Gasteiger partial charge < -0.3 is 11.1 Å². The highest BCUT2D eigenvalue weighted by Gasteiger charge is 2.35. The smallest absolute Gasteiger partial charge is 0.242 e. The quantitative estimate of drug-likeness (QED) is 0.748. The number of hydrogen-bond acceptors (Lipinski definition) is 3. The average Bonchev–Trinajstić information content (AvgIpc) is 2.73. The third-order valence-corrected chi connectivity index (χ3v) is 2.77. The van der Waals surface area contributed by atoms with Gasteiger partial charge in [-0.1, -0.05) is 6.92 Å². The largest absolute Gasteiger partial charge is 0.320 e. The van der Waals surface area contributed by atoms with E-state index in [0.717, 1.165) is 11.6 Å². The summed E-state index contributed by atoms with van der Waals surface area (Å²) in [7, 11) is 0. The summed E-state index contributed by atoms with van der Waals surface area (Å²) >= 11 is 0. The van der Waals surface area contributed by atoms with Gasteiger partial charge in [-0.3, -0.25) is 9.89 Å². The van der Waals surface area contributed by atoms with E-state index in [9.17, 15) is 4.79 Å². The Bertz CT molecular complexity index is 377. The number of aromatic amines is 1. The van der Waals surface area contributed by atoms with Gasteiger partial charge in [-0.25, -0.2) is 0 Å². The van der Waals surface area contributed by atoms with Crippen molar-refractivity contribution in [3.63, 3.8) is 0 Å². The van der Waals surface area contributed by atoms with E-state index < -0.39 is 6.04 Å². The monoisotopic (exact) mass is 244 g/mol. The van der Waals surface area contributed by atoms with Crippen molar-refractivity contribution in [1.82, 2.24) is 10.2 Å². The maximum absolute atomic E-state index is 11.3. The first-order chi connectivity index (χ1) is 7.08. The highest BCUT2D eigenvalue weighted by atomic mass is 35.5. The average molecular weight is 245 g/mol. The molecular weight excluding hydrogens is 228 g/mol. The van der Waals surface area contributed by atoms with Crippen molar-refractivity contribution < 1.29 is 4.79 Å². The minimum Gasteiger partial charge on any atom is -0.320 e. The summed E-state index contributed by atoms with van der Waals surface area (Å²) in [6.45, 7) is 3.84. The molecule has 0 bridgehead atoms. The Morgan fingerprint density at radius 1 is 1.75 bits per heavy atom. The Morgan fingerprint density at radius 2 is 2.38 bits per heavy atom. The summed E-state index contributed by atoms with van der Waals surface area (Å²) in [5.74, 6) is 1.66. The molecule has 4 N–H and O–H groups in total. The lowest BCUT2D eigenvalue weighted by Crippen LogP contribution is -2.32. The number of nitrogens with one attached hydrogen (secondary N) is 2. The van der Waals surface area contributed by atoms with Crippen LogP contribution in [0.3, 0.4) is 0 Å². The van der Waals surface area contributed by atoms with Gasteiger partial charge in [-0.15, -0.1) is 12.4 Å². The molecule has 5 nitrogen and oxygen atoms in total. The van der Waals surface area contributed by atoms with Crippen LogP contribution in [0.1, 0.15) is 31.9 Å². The van der Waals surface area contributed by atoms with Crippen LogP contribution in [-0.4, -0.2) is 22.1 Å². The van der Waals surface area contributed by atoms with Crippen LogP contribution in [0.25, 0.3) is 0 Å². The molecule has 1 aromatic heterocycles. The van der Waals surface area contributed by atoms with Gasteiger partial charge in [-0.05, 0) is 19.3 Å². The second-order valence-electron chi connectivity index (χ2n) is 4.31. The van der Waals surface area contributed by atoms with E-state index in [1.807, 2.05) is 6.07 Å². The van der Waals surface area contributed by atoms with E-state index >= 15 is 0 Å². The van der Waals surface area contributed by atoms with Gasteiger partial charge in [0, 0.05) is 17.7 Å². The summed E-state index contributed by atoms with van der Waals surface area (Å²) in [4.78, 5) is 11.3.